The minimum absolute atomic E-state index is 0.477. The molecule has 0 amide bonds. The summed E-state index contributed by atoms with van der Waals surface area (Å²) in [6, 6.07) is 13.4. The van der Waals surface area contributed by atoms with Gasteiger partial charge in [0, 0.05) is 19.0 Å². The summed E-state index contributed by atoms with van der Waals surface area (Å²) in [6.07, 6.45) is 1.88. The summed E-state index contributed by atoms with van der Waals surface area (Å²) in [5, 5.41) is 8.70. The molecular formula is C14H18N2. The normalized spacial score (nSPS) is 22.9. The van der Waals surface area contributed by atoms with Crippen molar-refractivity contribution in [2.75, 3.05) is 13.1 Å². The third kappa shape index (κ3) is 2.43. The third-order valence-electron chi connectivity index (χ3n) is 3.53. The molecule has 0 bridgehead atoms. The summed E-state index contributed by atoms with van der Waals surface area (Å²) < 4.78 is 0. The Morgan fingerprint density at radius 2 is 2.19 bits per heavy atom. The quantitative estimate of drug-likeness (QED) is 0.773. The molecule has 0 spiro atoms. The zero-order chi connectivity index (χ0) is 11.4. The lowest BCUT2D eigenvalue weighted by Gasteiger charge is -2.24. The second-order valence-corrected chi connectivity index (χ2v) is 4.60. The van der Waals surface area contributed by atoms with Crippen LogP contribution in [0.5, 0.6) is 0 Å². The Morgan fingerprint density at radius 3 is 2.88 bits per heavy atom. The highest BCUT2D eigenvalue weighted by Gasteiger charge is 2.26. The zero-order valence-electron chi connectivity index (χ0n) is 9.76. The predicted molar refractivity (Wildman–Crippen MR) is 64.8 cm³/mol. The predicted octanol–water partition coefficient (Wildman–Crippen LogP) is 2.98. The standard InChI is InChI=1S/C14H18N2/c1-12(14-5-3-2-4-6-14)16-10-8-13(11-16)7-9-15/h2-6,12-13H,7-8,10-11H2,1H3/t12-,13+/m0/s1. The van der Waals surface area contributed by atoms with E-state index in [1.54, 1.807) is 0 Å². The Kier molecular flexibility index (Phi) is 3.58. The van der Waals surface area contributed by atoms with E-state index in [0.717, 1.165) is 13.1 Å². The van der Waals surface area contributed by atoms with Gasteiger partial charge < -0.3 is 0 Å². The van der Waals surface area contributed by atoms with E-state index in [-0.39, 0.29) is 0 Å². The number of benzene rings is 1. The van der Waals surface area contributed by atoms with E-state index in [4.69, 9.17) is 5.26 Å². The van der Waals surface area contributed by atoms with Gasteiger partial charge >= 0.3 is 0 Å². The fraction of sp³-hybridized carbons (Fsp3) is 0.500. The highest BCUT2D eigenvalue weighted by Crippen LogP contribution is 2.28. The van der Waals surface area contributed by atoms with Gasteiger partial charge in [0.25, 0.3) is 0 Å². The molecule has 84 valence electrons. The summed E-state index contributed by atoms with van der Waals surface area (Å²) in [6.45, 7) is 4.45. The molecule has 1 aromatic rings. The highest BCUT2D eigenvalue weighted by atomic mass is 15.2. The molecule has 0 radical (unpaired) electrons. The lowest BCUT2D eigenvalue weighted by molar-refractivity contribution is 0.253. The Balaban J connectivity index is 1.97. The molecule has 2 atom stereocenters. The topological polar surface area (TPSA) is 27.0 Å². The van der Waals surface area contributed by atoms with Crippen molar-refractivity contribution in [1.82, 2.24) is 4.90 Å². The first-order chi connectivity index (χ1) is 7.81. The highest BCUT2D eigenvalue weighted by molar-refractivity contribution is 5.18. The van der Waals surface area contributed by atoms with Gasteiger partial charge in [-0.05, 0) is 31.4 Å². The lowest BCUT2D eigenvalue weighted by atomic mass is 10.1. The van der Waals surface area contributed by atoms with Crippen LogP contribution in [0.3, 0.4) is 0 Å². The maximum absolute atomic E-state index is 8.70. The number of nitrogens with zero attached hydrogens (tertiary/aromatic N) is 2. The minimum Gasteiger partial charge on any atom is -0.296 e. The van der Waals surface area contributed by atoms with Crippen molar-refractivity contribution in [2.45, 2.75) is 25.8 Å². The number of nitriles is 1. The van der Waals surface area contributed by atoms with Crippen LogP contribution in [0.25, 0.3) is 0 Å². The molecule has 0 saturated carbocycles. The average Bonchev–Trinajstić information content (AvgIpc) is 2.78. The number of likely N-dealkylation sites (tertiary alicyclic amines) is 1. The molecule has 2 rings (SSSR count). The molecule has 1 saturated heterocycles. The average molecular weight is 214 g/mol. The van der Waals surface area contributed by atoms with Crippen LogP contribution in [-0.4, -0.2) is 18.0 Å². The van der Waals surface area contributed by atoms with E-state index >= 15 is 0 Å². The van der Waals surface area contributed by atoms with E-state index in [1.165, 1.54) is 12.0 Å². The van der Waals surface area contributed by atoms with Gasteiger partial charge in [-0.15, -0.1) is 0 Å². The van der Waals surface area contributed by atoms with E-state index in [1.807, 2.05) is 0 Å². The van der Waals surface area contributed by atoms with Gasteiger partial charge in [0.15, 0.2) is 0 Å². The summed E-state index contributed by atoms with van der Waals surface area (Å²) in [5.41, 5.74) is 1.38. The molecule has 1 heterocycles. The Bertz CT molecular complexity index is 366. The number of rotatable bonds is 3. The summed E-state index contributed by atoms with van der Waals surface area (Å²) in [7, 11) is 0. The number of hydrogen-bond donors (Lipinski definition) is 0. The zero-order valence-corrected chi connectivity index (χ0v) is 9.76. The van der Waals surface area contributed by atoms with Crippen molar-refractivity contribution in [3.63, 3.8) is 0 Å². The first-order valence-electron chi connectivity index (χ1n) is 5.97. The largest absolute Gasteiger partial charge is 0.296 e. The van der Waals surface area contributed by atoms with Crippen LogP contribution >= 0.6 is 0 Å². The van der Waals surface area contributed by atoms with Gasteiger partial charge in [0.1, 0.15) is 0 Å². The molecule has 1 aliphatic heterocycles. The van der Waals surface area contributed by atoms with Gasteiger partial charge in [-0.3, -0.25) is 4.90 Å². The first-order valence-corrected chi connectivity index (χ1v) is 5.97. The van der Waals surface area contributed by atoms with Crippen LogP contribution in [0.1, 0.15) is 31.4 Å². The fourth-order valence-corrected chi connectivity index (χ4v) is 2.45. The van der Waals surface area contributed by atoms with Crippen molar-refractivity contribution in [3.8, 4) is 6.07 Å². The van der Waals surface area contributed by atoms with E-state index < -0.39 is 0 Å². The van der Waals surface area contributed by atoms with Crippen LogP contribution in [0.2, 0.25) is 0 Å². The smallest absolute Gasteiger partial charge is 0.0625 e. The molecule has 0 aromatic heterocycles. The van der Waals surface area contributed by atoms with Crippen molar-refractivity contribution in [2.24, 2.45) is 5.92 Å². The molecule has 0 N–H and O–H groups in total. The Morgan fingerprint density at radius 1 is 1.44 bits per heavy atom. The van der Waals surface area contributed by atoms with E-state index in [9.17, 15) is 0 Å². The fourth-order valence-electron chi connectivity index (χ4n) is 2.45. The molecule has 1 aromatic carbocycles. The first kappa shape index (κ1) is 11.2. The molecule has 1 aliphatic rings. The monoisotopic (exact) mass is 214 g/mol. The van der Waals surface area contributed by atoms with Crippen molar-refractivity contribution in [3.05, 3.63) is 35.9 Å². The van der Waals surface area contributed by atoms with Gasteiger partial charge in [-0.1, -0.05) is 30.3 Å². The number of hydrogen-bond acceptors (Lipinski definition) is 2. The molecular weight excluding hydrogens is 196 g/mol. The Labute approximate surface area is 97.5 Å². The molecule has 2 nitrogen and oxygen atoms in total. The molecule has 2 heteroatoms. The van der Waals surface area contributed by atoms with Gasteiger partial charge in [0.05, 0.1) is 6.07 Å². The SMILES string of the molecule is C[C@@H](c1ccccc1)N1CC[C@@H](CC#N)C1. The molecule has 16 heavy (non-hydrogen) atoms. The second kappa shape index (κ2) is 5.14. The summed E-state index contributed by atoms with van der Waals surface area (Å²) in [4.78, 5) is 2.48. The summed E-state index contributed by atoms with van der Waals surface area (Å²) in [5.74, 6) is 0.580. The molecule has 1 fully saturated rings. The summed E-state index contributed by atoms with van der Waals surface area (Å²) >= 11 is 0. The van der Waals surface area contributed by atoms with Crippen LogP contribution in [0.15, 0.2) is 30.3 Å². The molecule has 0 unspecified atom stereocenters. The van der Waals surface area contributed by atoms with Gasteiger partial charge in [-0.2, -0.15) is 5.26 Å². The van der Waals surface area contributed by atoms with Crippen molar-refractivity contribution in [1.29, 1.82) is 5.26 Å². The van der Waals surface area contributed by atoms with Gasteiger partial charge in [-0.25, -0.2) is 0 Å². The van der Waals surface area contributed by atoms with E-state index in [0.29, 0.717) is 18.4 Å². The van der Waals surface area contributed by atoms with Crippen molar-refractivity contribution >= 4 is 0 Å². The maximum atomic E-state index is 8.70. The van der Waals surface area contributed by atoms with Crippen LogP contribution in [0.4, 0.5) is 0 Å². The van der Waals surface area contributed by atoms with Crippen LogP contribution in [0, 0.1) is 17.2 Å². The maximum Gasteiger partial charge on any atom is 0.0625 e. The minimum atomic E-state index is 0.477. The van der Waals surface area contributed by atoms with E-state index in [2.05, 4.69) is 48.2 Å². The van der Waals surface area contributed by atoms with Crippen molar-refractivity contribution < 1.29 is 0 Å². The van der Waals surface area contributed by atoms with Crippen LogP contribution < -0.4 is 0 Å². The third-order valence-corrected chi connectivity index (χ3v) is 3.53. The van der Waals surface area contributed by atoms with Crippen LogP contribution in [-0.2, 0) is 0 Å². The lowest BCUT2D eigenvalue weighted by Crippen LogP contribution is -2.24. The Hall–Kier alpha value is -1.33. The molecule has 0 aliphatic carbocycles. The van der Waals surface area contributed by atoms with Gasteiger partial charge in [0.2, 0.25) is 0 Å². The second-order valence-electron chi connectivity index (χ2n) is 4.60.